The molecule has 0 atom stereocenters. The molecule has 6 heteroatoms. The van der Waals surface area contributed by atoms with E-state index in [0.717, 1.165) is 0 Å². The van der Waals surface area contributed by atoms with Crippen LogP contribution in [0.25, 0.3) is 0 Å². The Bertz CT molecular complexity index is 476. The summed E-state index contributed by atoms with van der Waals surface area (Å²) < 4.78 is 16.8. The minimum atomic E-state index is -0.0768. The molecule has 2 N–H and O–H groups in total. The van der Waals surface area contributed by atoms with Crippen LogP contribution in [-0.4, -0.2) is 32.7 Å². The largest absolute Gasteiger partial charge is 0.495 e. The molecule has 1 aliphatic heterocycles. The zero-order valence-electron chi connectivity index (χ0n) is 9.99. The number of Topliss-reactive ketones (excluding diaryl/α,β-unsaturated/α-hetero) is 1. The lowest BCUT2D eigenvalue weighted by Crippen LogP contribution is -2.17. The number of ether oxygens (including phenoxy) is 3. The van der Waals surface area contributed by atoms with Gasteiger partial charge in [-0.25, -0.2) is 0 Å². The lowest BCUT2D eigenvalue weighted by Gasteiger charge is -2.22. The molecule has 0 fully saturated rings. The van der Waals surface area contributed by atoms with Crippen molar-refractivity contribution in [3.05, 3.63) is 16.1 Å². The molecular formula is C12H14BrNO4. The highest BCUT2D eigenvalue weighted by Gasteiger charge is 2.24. The predicted molar refractivity (Wildman–Crippen MR) is 69.7 cm³/mol. The number of benzene rings is 1. The van der Waals surface area contributed by atoms with Crippen molar-refractivity contribution >= 4 is 21.7 Å². The highest BCUT2D eigenvalue weighted by atomic mass is 79.9. The van der Waals surface area contributed by atoms with Gasteiger partial charge in [0.25, 0.3) is 0 Å². The Kier molecular flexibility index (Phi) is 4.08. The molecule has 0 amide bonds. The molecule has 0 saturated carbocycles. The lowest BCUT2D eigenvalue weighted by atomic mass is 10.1. The summed E-state index contributed by atoms with van der Waals surface area (Å²) >= 11 is 3.38. The molecule has 1 aromatic rings. The Morgan fingerprint density at radius 2 is 2.22 bits per heavy atom. The Balaban J connectivity index is 2.52. The summed E-state index contributed by atoms with van der Waals surface area (Å²) in [4.78, 5) is 12.0. The van der Waals surface area contributed by atoms with Crippen LogP contribution in [0.4, 0.5) is 0 Å². The average molecular weight is 316 g/mol. The molecule has 0 unspecified atom stereocenters. The zero-order chi connectivity index (χ0) is 13.1. The van der Waals surface area contributed by atoms with Crippen LogP contribution >= 0.6 is 15.9 Å². The fourth-order valence-corrected chi connectivity index (χ4v) is 2.49. The summed E-state index contributed by atoms with van der Waals surface area (Å²) in [6.45, 7) is 1.25. The van der Waals surface area contributed by atoms with E-state index in [4.69, 9.17) is 19.9 Å². The van der Waals surface area contributed by atoms with E-state index in [-0.39, 0.29) is 12.2 Å². The van der Waals surface area contributed by atoms with E-state index in [1.54, 1.807) is 6.07 Å². The van der Waals surface area contributed by atoms with Crippen LogP contribution < -0.4 is 19.9 Å². The zero-order valence-corrected chi connectivity index (χ0v) is 11.6. The standard InChI is InChI=1S/C12H14BrNO4/c1-16-11-7(8(15)2-3-14)6-9-12(10(11)13)18-5-4-17-9/h6H,2-5,14H2,1H3. The molecule has 18 heavy (non-hydrogen) atoms. The van der Waals surface area contributed by atoms with Crippen molar-refractivity contribution in [1.29, 1.82) is 0 Å². The molecule has 0 saturated heterocycles. The molecule has 5 nitrogen and oxygen atoms in total. The Hall–Kier alpha value is -1.27. The van der Waals surface area contributed by atoms with Crippen LogP contribution in [0.1, 0.15) is 16.8 Å². The Morgan fingerprint density at radius 3 is 2.89 bits per heavy atom. The van der Waals surface area contributed by atoms with E-state index in [0.29, 0.717) is 47.0 Å². The maximum absolute atomic E-state index is 12.0. The van der Waals surface area contributed by atoms with Crippen molar-refractivity contribution < 1.29 is 19.0 Å². The third-order valence-electron chi connectivity index (χ3n) is 2.61. The molecule has 0 aromatic heterocycles. The van der Waals surface area contributed by atoms with E-state index < -0.39 is 0 Å². The first kappa shape index (κ1) is 13.2. The Labute approximate surface area is 113 Å². The molecule has 0 bridgehead atoms. The van der Waals surface area contributed by atoms with Gasteiger partial charge < -0.3 is 19.9 Å². The number of hydrogen-bond acceptors (Lipinski definition) is 5. The molecule has 1 aromatic carbocycles. The van der Waals surface area contributed by atoms with Crippen LogP contribution in [0.2, 0.25) is 0 Å². The first-order valence-electron chi connectivity index (χ1n) is 5.58. The third kappa shape index (κ3) is 2.30. The van der Waals surface area contributed by atoms with Gasteiger partial charge in [-0.2, -0.15) is 0 Å². The lowest BCUT2D eigenvalue weighted by molar-refractivity contribution is 0.0980. The molecule has 2 rings (SSSR count). The maximum atomic E-state index is 12.0. The number of ketones is 1. The van der Waals surface area contributed by atoms with Crippen molar-refractivity contribution in [3.8, 4) is 17.2 Å². The van der Waals surface area contributed by atoms with Crippen LogP contribution in [0.5, 0.6) is 17.2 Å². The predicted octanol–water partition coefficient (Wildman–Crippen LogP) is 1.76. The smallest absolute Gasteiger partial charge is 0.179 e. The van der Waals surface area contributed by atoms with Gasteiger partial charge in [-0.15, -0.1) is 0 Å². The van der Waals surface area contributed by atoms with Crippen LogP contribution in [0.15, 0.2) is 10.5 Å². The van der Waals surface area contributed by atoms with E-state index >= 15 is 0 Å². The number of carbonyl (C=O) groups excluding carboxylic acids is 1. The van der Waals surface area contributed by atoms with Gasteiger partial charge in [-0.1, -0.05) is 0 Å². The SMILES string of the molecule is COc1c(C(=O)CCN)cc2c(c1Br)OCCO2. The number of carbonyl (C=O) groups is 1. The summed E-state index contributed by atoms with van der Waals surface area (Å²) in [5.74, 6) is 1.50. The number of fused-ring (bicyclic) bond motifs is 1. The third-order valence-corrected chi connectivity index (χ3v) is 3.33. The van der Waals surface area contributed by atoms with Crippen molar-refractivity contribution in [2.45, 2.75) is 6.42 Å². The normalized spacial score (nSPS) is 13.3. The van der Waals surface area contributed by atoms with Gasteiger partial charge in [0.15, 0.2) is 17.3 Å². The van der Waals surface area contributed by atoms with Crippen LogP contribution in [-0.2, 0) is 0 Å². The number of halogens is 1. The number of methoxy groups -OCH3 is 1. The van der Waals surface area contributed by atoms with E-state index in [1.807, 2.05) is 0 Å². The number of nitrogens with two attached hydrogens (primary N) is 1. The summed E-state index contributed by atoms with van der Waals surface area (Å²) in [5, 5.41) is 0. The van der Waals surface area contributed by atoms with Gasteiger partial charge >= 0.3 is 0 Å². The van der Waals surface area contributed by atoms with E-state index in [2.05, 4.69) is 15.9 Å². The second-order valence-electron chi connectivity index (χ2n) is 3.76. The second kappa shape index (κ2) is 5.58. The number of rotatable bonds is 4. The second-order valence-corrected chi connectivity index (χ2v) is 4.55. The van der Waals surface area contributed by atoms with Gasteiger partial charge in [0.05, 0.1) is 12.7 Å². The fraction of sp³-hybridized carbons (Fsp3) is 0.417. The van der Waals surface area contributed by atoms with Crippen LogP contribution in [0.3, 0.4) is 0 Å². The van der Waals surface area contributed by atoms with Crippen molar-refractivity contribution in [2.24, 2.45) is 5.73 Å². The van der Waals surface area contributed by atoms with E-state index in [9.17, 15) is 4.79 Å². The molecule has 0 spiro atoms. The van der Waals surface area contributed by atoms with Crippen LogP contribution in [0, 0.1) is 0 Å². The van der Waals surface area contributed by atoms with Gasteiger partial charge in [0, 0.05) is 6.42 Å². The van der Waals surface area contributed by atoms with E-state index in [1.165, 1.54) is 7.11 Å². The maximum Gasteiger partial charge on any atom is 0.179 e. The van der Waals surface area contributed by atoms with Crippen molar-refractivity contribution in [1.82, 2.24) is 0 Å². The highest BCUT2D eigenvalue weighted by molar-refractivity contribution is 9.10. The molecule has 0 radical (unpaired) electrons. The average Bonchev–Trinajstić information content (AvgIpc) is 2.39. The Morgan fingerprint density at radius 1 is 1.50 bits per heavy atom. The molecule has 1 aliphatic rings. The quantitative estimate of drug-likeness (QED) is 0.857. The van der Waals surface area contributed by atoms with Crippen molar-refractivity contribution in [3.63, 3.8) is 0 Å². The van der Waals surface area contributed by atoms with Gasteiger partial charge in [-0.05, 0) is 28.5 Å². The van der Waals surface area contributed by atoms with Crippen molar-refractivity contribution in [2.75, 3.05) is 26.9 Å². The van der Waals surface area contributed by atoms with Gasteiger partial charge in [-0.3, -0.25) is 4.79 Å². The topological polar surface area (TPSA) is 70.8 Å². The molecule has 1 heterocycles. The van der Waals surface area contributed by atoms with Gasteiger partial charge in [0.2, 0.25) is 0 Å². The highest BCUT2D eigenvalue weighted by Crippen LogP contribution is 2.45. The summed E-state index contributed by atoms with van der Waals surface area (Å²) in [6, 6.07) is 1.65. The first-order chi connectivity index (χ1) is 8.69. The number of hydrogen-bond donors (Lipinski definition) is 1. The minimum Gasteiger partial charge on any atom is -0.495 e. The fourth-order valence-electron chi connectivity index (χ4n) is 1.80. The van der Waals surface area contributed by atoms with Gasteiger partial charge in [0.1, 0.15) is 23.4 Å². The molecule has 0 aliphatic carbocycles. The summed E-state index contributed by atoms with van der Waals surface area (Å²) in [7, 11) is 1.51. The molecule has 98 valence electrons. The monoisotopic (exact) mass is 315 g/mol. The minimum absolute atomic E-state index is 0.0768. The summed E-state index contributed by atoms with van der Waals surface area (Å²) in [5.41, 5.74) is 5.86. The summed E-state index contributed by atoms with van der Waals surface area (Å²) in [6.07, 6.45) is 0.266. The first-order valence-corrected chi connectivity index (χ1v) is 6.37. The molecular weight excluding hydrogens is 302 g/mol.